The Bertz CT molecular complexity index is 758. The molecule has 4 rings (SSSR count). The quantitative estimate of drug-likeness (QED) is 0.859. The second-order valence-corrected chi connectivity index (χ2v) is 7.60. The third-order valence-electron chi connectivity index (χ3n) is 5.84. The fraction of sp³-hybridized carbons (Fsp3) is 0.632. The molecule has 1 saturated carbocycles. The van der Waals surface area contributed by atoms with Crippen LogP contribution in [0.1, 0.15) is 60.0 Å². The molecule has 2 aromatic rings. The molecular formula is C19H27N5O. The van der Waals surface area contributed by atoms with Gasteiger partial charge in [-0.25, -0.2) is 4.98 Å². The van der Waals surface area contributed by atoms with Crippen molar-refractivity contribution in [2.45, 2.75) is 51.5 Å². The van der Waals surface area contributed by atoms with Crippen molar-refractivity contribution in [3.05, 3.63) is 35.7 Å². The van der Waals surface area contributed by atoms with Gasteiger partial charge in [0.15, 0.2) is 0 Å². The molecular weight excluding hydrogens is 314 g/mol. The number of imidazole rings is 1. The Morgan fingerprint density at radius 3 is 2.80 bits per heavy atom. The predicted octanol–water partition coefficient (Wildman–Crippen LogP) is 2.74. The Balaban J connectivity index is 1.46. The van der Waals surface area contributed by atoms with E-state index in [1.165, 1.54) is 37.2 Å². The van der Waals surface area contributed by atoms with Gasteiger partial charge in [-0.1, -0.05) is 6.42 Å². The molecule has 0 radical (unpaired) electrons. The number of aromatic nitrogens is 4. The summed E-state index contributed by atoms with van der Waals surface area (Å²) in [6.07, 6.45) is 9.81. The smallest absolute Gasteiger partial charge is 0.272 e. The maximum absolute atomic E-state index is 12.8. The van der Waals surface area contributed by atoms with Gasteiger partial charge >= 0.3 is 0 Å². The van der Waals surface area contributed by atoms with Crippen molar-refractivity contribution in [1.82, 2.24) is 24.2 Å². The van der Waals surface area contributed by atoms with Crippen LogP contribution >= 0.6 is 0 Å². The number of carbonyl (C=O) groups excluding carboxylic acids is 1. The highest BCUT2D eigenvalue weighted by molar-refractivity contribution is 5.92. The SMILES string of the molecule is Cc1cnc(C2CCC2)n1CC1CCCN(C(=O)c2ccnn2C)C1. The average molecular weight is 341 g/mol. The second-order valence-electron chi connectivity index (χ2n) is 7.60. The van der Waals surface area contributed by atoms with Crippen molar-refractivity contribution >= 4 is 5.91 Å². The number of amides is 1. The lowest BCUT2D eigenvalue weighted by Crippen LogP contribution is -2.42. The molecule has 1 amide bonds. The summed E-state index contributed by atoms with van der Waals surface area (Å²) in [5.74, 6) is 2.51. The highest BCUT2D eigenvalue weighted by Crippen LogP contribution is 2.36. The average Bonchev–Trinajstić information content (AvgIpc) is 3.13. The van der Waals surface area contributed by atoms with Crippen molar-refractivity contribution in [2.24, 2.45) is 13.0 Å². The minimum atomic E-state index is 0.103. The molecule has 1 aliphatic heterocycles. The van der Waals surface area contributed by atoms with Crippen molar-refractivity contribution in [3.63, 3.8) is 0 Å². The van der Waals surface area contributed by atoms with Crippen LogP contribution < -0.4 is 0 Å². The van der Waals surface area contributed by atoms with Gasteiger partial charge in [-0.3, -0.25) is 9.48 Å². The topological polar surface area (TPSA) is 56.0 Å². The van der Waals surface area contributed by atoms with Crippen molar-refractivity contribution < 1.29 is 4.79 Å². The number of carbonyl (C=O) groups is 1. The van der Waals surface area contributed by atoms with E-state index in [4.69, 9.17) is 0 Å². The van der Waals surface area contributed by atoms with Crippen LogP contribution in [0.2, 0.25) is 0 Å². The van der Waals surface area contributed by atoms with Crippen LogP contribution in [0.15, 0.2) is 18.5 Å². The zero-order valence-corrected chi connectivity index (χ0v) is 15.2. The number of rotatable bonds is 4. The molecule has 134 valence electrons. The number of hydrogen-bond donors (Lipinski definition) is 0. The first-order valence-electron chi connectivity index (χ1n) is 9.43. The first kappa shape index (κ1) is 16.4. The number of hydrogen-bond acceptors (Lipinski definition) is 3. The molecule has 1 atom stereocenters. The molecule has 0 aromatic carbocycles. The molecule has 2 aromatic heterocycles. The lowest BCUT2D eigenvalue weighted by molar-refractivity contribution is 0.0650. The van der Waals surface area contributed by atoms with E-state index >= 15 is 0 Å². The van der Waals surface area contributed by atoms with Crippen molar-refractivity contribution in [3.8, 4) is 0 Å². The Morgan fingerprint density at radius 1 is 1.28 bits per heavy atom. The first-order chi connectivity index (χ1) is 12.1. The van der Waals surface area contributed by atoms with Crippen molar-refractivity contribution in [2.75, 3.05) is 13.1 Å². The highest BCUT2D eigenvalue weighted by Gasteiger charge is 2.29. The van der Waals surface area contributed by atoms with E-state index in [-0.39, 0.29) is 5.91 Å². The van der Waals surface area contributed by atoms with E-state index in [2.05, 4.69) is 21.6 Å². The fourth-order valence-electron chi connectivity index (χ4n) is 4.11. The van der Waals surface area contributed by atoms with Gasteiger partial charge in [-0.2, -0.15) is 5.10 Å². The Labute approximate surface area is 148 Å². The summed E-state index contributed by atoms with van der Waals surface area (Å²) in [6, 6.07) is 1.81. The molecule has 2 fully saturated rings. The van der Waals surface area contributed by atoms with Crippen LogP contribution in [0.4, 0.5) is 0 Å². The molecule has 6 nitrogen and oxygen atoms in total. The van der Waals surface area contributed by atoms with Crippen LogP contribution in [0.25, 0.3) is 0 Å². The molecule has 1 aliphatic carbocycles. The molecule has 25 heavy (non-hydrogen) atoms. The van der Waals surface area contributed by atoms with Gasteiger partial charge in [0, 0.05) is 50.7 Å². The van der Waals surface area contributed by atoms with Crippen LogP contribution in [0.3, 0.4) is 0 Å². The normalized spacial score (nSPS) is 21.4. The summed E-state index contributed by atoms with van der Waals surface area (Å²) in [5, 5.41) is 4.13. The fourth-order valence-corrected chi connectivity index (χ4v) is 4.11. The third kappa shape index (κ3) is 3.10. The Kier molecular flexibility index (Phi) is 4.36. The number of nitrogens with zero attached hydrogens (tertiary/aromatic N) is 5. The largest absolute Gasteiger partial charge is 0.337 e. The van der Waals surface area contributed by atoms with Gasteiger partial charge in [-0.05, 0) is 44.6 Å². The Hall–Kier alpha value is -2.11. The number of likely N-dealkylation sites (tertiary alicyclic amines) is 1. The van der Waals surface area contributed by atoms with E-state index < -0.39 is 0 Å². The molecule has 6 heteroatoms. The summed E-state index contributed by atoms with van der Waals surface area (Å²) in [6.45, 7) is 4.80. The minimum Gasteiger partial charge on any atom is -0.337 e. The molecule has 1 saturated heterocycles. The summed E-state index contributed by atoms with van der Waals surface area (Å²) < 4.78 is 4.08. The van der Waals surface area contributed by atoms with Gasteiger partial charge < -0.3 is 9.47 Å². The number of aryl methyl sites for hydroxylation is 2. The van der Waals surface area contributed by atoms with Crippen LogP contribution in [-0.2, 0) is 13.6 Å². The van der Waals surface area contributed by atoms with Crippen LogP contribution in [0, 0.1) is 12.8 Å². The maximum atomic E-state index is 12.8. The monoisotopic (exact) mass is 341 g/mol. The van der Waals surface area contributed by atoms with E-state index in [0.29, 0.717) is 17.5 Å². The molecule has 2 aliphatic rings. The zero-order chi connectivity index (χ0) is 17.4. The van der Waals surface area contributed by atoms with Gasteiger partial charge in [0.2, 0.25) is 0 Å². The van der Waals surface area contributed by atoms with Crippen LogP contribution in [-0.4, -0.2) is 43.2 Å². The zero-order valence-electron chi connectivity index (χ0n) is 15.2. The van der Waals surface area contributed by atoms with Gasteiger partial charge in [0.25, 0.3) is 5.91 Å². The van der Waals surface area contributed by atoms with E-state index in [0.717, 1.165) is 26.1 Å². The molecule has 0 spiro atoms. The number of piperidine rings is 1. The molecule has 0 N–H and O–H groups in total. The lowest BCUT2D eigenvalue weighted by Gasteiger charge is -2.34. The summed E-state index contributed by atoms with van der Waals surface area (Å²) >= 11 is 0. The van der Waals surface area contributed by atoms with Gasteiger partial charge in [0.05, 0.1) is 0 Å². The van der Waals surface area contributed by atoms with Gasteiger partial charge in [-0.15, -0.1) is 0 Å². The molecule has 3 heterocycles. The van der Waals surface area contributed by atoms with E-state index in [1.807, 2.05) is 18.1 Å². The Morgan fingerprint density at radius 2 is 2.12 bits per heavy atom. The predicted molar refractivity (Wildman–Crippen MR) is 95.4 cm³/mol. The summed E-state index contributed by atoms with van der Waals surface area (Å²) in [5.41, 5.74) is 1.92. The standard InChI is InChI=1S/C19H27N5O/c1-14-11-20-18(16-6-3-7-16)24(14)13-15-5-4-10-23(12-15)19(25)17-8-9-21-22(17)2/h8-9,11,15-16H,3-7,10,12-13H2,1-2H3. The lowest BCUT2D eigenvalue weighted by atomic mass is 9.84. The van der Waals surface area contributed by atoms with E-state index in [1.54, 1.807) is 16.9 Å². The second kappa shape index (κ2) is 6.65. The van der Waals surface area contributed by atoms with Gasteiger partial charge in [0.1, 0.15) is 11.5 Å². The van der Waals surface area contributed by atoms with Crippen LogP contribution in [0.5, 0.6) is 0 Å². The first-order valence-corrected chi connectivity index (χ1v) is 9.43. The molecule has 0 bridgehead atoms. The minimum absolute atomic E-state index is 0.103. The summed E-state index contributed by atoms with van der Waals surface area (Å²) in [7, 11) is 1.83. The van der Waals surface area contributed by atoms with Crippen molar-refractivity contribution in [1.29, 1.82) is 0 Å². The molecule has 1 unspecified atom stereocenters. The third-order valence-corrected chi connectivity index (χ3v) is 5.84. The summed E-state index contributed by atoms with van der Waals surface area (Å²) in [4.78, 5) is 19.5. The highest BCUT2D eigenvalue weighted by atomic mass is 16.2. The maximum Gasteiger partial charge on any atom is 0.272 e. The van der Waals surface area contributed by atoms with E-state index in [9.17, 15) is 4.79 Å².